The number of alkyl halides is 2. The van der Waals surface area contributed by atoms with Crippen LogP contribution in [0.5, 0.6) is 0 Å². The van der Waals surface area contributed by atoms with Gasteiger partial charge in [0.25, 0.3) is 0 Å². The number of rotatable bonds is 15. The van der Waals surface area contributed by atoms with Crippen LogP contribution in [0.15, 0.2) is 12.2 Å². The predicted octanol–water partition coefficient (Wildman–Crippen LogP) is 7.48. The van der Waals surface area contributed by atoms with Gasteiger partial charge in [0.05, 0.1) is 0 Å². The SMILES string of the molecule is ICCCCCCCC=CCCCCCCCCI. The van der Waals surface area contributed by atoms with Gasteiger partial charge in [0.1, 0.15) is 0 Å². The third-order valence-corrected chi connectivity index (χ3v) is 4.95. The molecule has 114 valence electrons. The number of allylic oxidation sites excluding steroid dienone is 2. The summed E-state index contributed by atoms with van der Waals surface area (Å²) in [6.07, 6.45) is 23.1. The van der Waals surface area contributed by atoms with E-state index in [1.54, 1.807) is 0 Å². The van der Waals surface area contributed by atoms with Crippen LogP contribution in [0, 0.1) is 0 Å². The lowest BCUT2D eigenvalue weighted by Gasteiger charge is -1.99. The molecule has 0 radical (unpaired) electrons. The van der Waals surface area contributed by atoms with Crippen molar-refractivity contribution in [3.63, 3.8) is 0 Å². The summed E-state index contributed by atoms with van der Waals surface area (Å²) in [4.78, 5) is 0. The lowest BCUT2D eigenvalue weighted by molar-refractivity contribution is 0.613. The molecule has 0 spiro atoms. The molecule has 0 heterocycles. The number of hydrogen-bond donors (Lipinski definition) is 0. The van der Waals surface area contributed by atoms with E-state index >= 15 is 0 Å². The summed E-state index contributed by atoms with van der Waals surface area (Å²) in [5.74, 6) is 0. The van der Waals surface area contributed by atoms with Gasteiger partial charge in [0.2, 0.25) is 0 Å². The van der Waals surface area contributed by atoms with Crippen LogP contribution in [-0.2, 0) is 0 Å². The predicted molar refractivity (Wildman–Crippen MR) is 107 cm³/mol. The molecule has 0 aromatic rings. The van der Waals surface area contributed by atoms with E-state index in [9.17, 15) is 0 Å². The summed E-state index contributed by atoms with van der Waals surface area (Å²) < 4.78 is 2.66. The monoisotopic (exact) mass is 490 g/mol. The molecule has 0 rings (SSSR count). The molecule has 0 unspecified atom stereocenters. The van der Waals surface area contributed by atoms with Gasteiger partial charge in [-0.2, -0.15) is 0 Å². The molecular weight excluding hydrogens is 458 g/mol. The van der Waals surface area contributed by atoms with Gasteiger partial charge in [-0.3, -0.25) is 0 Å². The minimum absolute atomic E-state index is 1.31. The number of hydrogen-bond acceptors (Lipinski definition) is 0. The Hall–Kier alpha value is 1.20. The summed E-state index contributed by atoms with van der Waals surface area (Å²) in [6.45, 7) is 0. The highest BCUT2D eigenvalue weighted by Gasteiger charge is 1.90. The molecule has 0 bridgehead atoms. The Kier molecular flexibility index (Phi) is 20.4. The van der Waals surface area contributed by atoms with E-state index in [-0.39, 0.29) is 0 Å². The molecule has 0 atom stereocenters. The van der Waals surface area contributed by atoms with Gasteiger partial charge < -0.3 is 0 Å². The van der Waals surface area contributed by atoms with Crippen molar-refractivity contribution in [2.24, 2.45) is 0 Å². The number of unbranched alkanes of at least 4 members (excludes halogenated alkanes) is 11. The lowest BCUT2D eigenvalue weighted by Crippen LogP contribution is -1.80. The first-order chi connectivity index (χ1) is 9.41. The first-order valence-electron chi connectivity index (χ1n) is 8.18. The zero-order chi connectivity index (χ0) is 14.0. The van der Waals surface area contributed by atoms with E-state index in [4.69, 9.17) is 0 Å². The molecule has 0 fully saturated rings. The molecule has 0 saturated heterocycles. The van der Waals surface area contributed by atoms with E-state index in [1.165, 1.54) is 92.3 Å². The molecule has 0 aromatic carbocycles. The Balaban J connectivity index is 3.01. The second-order valence-corrected chi connectivity index (χ2v) is 7.47. The summed E-state index contributed by atoms with van der Waals surface area (Å²) in [5, 5.41) is 0. The van der Waals surface area contributed by atoms with Crippen LogP contribution in [0.1, 0.15) is 83.5 Å². The molecule has 0 aliphatic heterocycles. The van der Waals surface area contributed by atoms with Crippen molar-refractivity contribution in [1.29, 1.82) is 0 Å². The van der Waals surface area contributed by atoms with Crippen molar-refractivity contribution in [3.05, 3.63) is 12.2 Å². The van der Waals surface area contributed by atoms with E-state index < -0.39 is 0 Å². The Morgan fingerprint density at radius 2 is 0.737 bits per heavy atom. The average molecular weight is 490 g/mol. The zero-order valence-corrected chi connectivity index (χ0v) is 16.8. The van der Waals surface area contributed by atoms with Crippen LogP contribution in [0.25, 0.3) is 0 Å². The van der Waals surface area contributed by atoms with Crippen molar-refractivity contribution in [2.75, 3.05) is 8.86 Å². The fraction of sp³-hybridized carbons (Fsp3) is 0.882. The summed E-state index contributed by atoms with van der Waals surface area (Å²) >= 11 is 4.95. The van der Waals surface area contributed by atoms with Crippen molar-refractivity contribution >= 4 is 45.2 Å². The minimum Gasteiger partial charge on any atom is -0.0885 e. The lowest BCUT2D eigenvalue weighted by atomic mass is 10.1. The summed E-state index contributed by atoms with van der Waals surface area (Å²) in [5.41, 5.74) is 0. The maximum absolute atomic E-state index is 2.48. The first kappa shape index (κ1) is 20.2. The second-order valence-electron chi connectivity index (χ2n) is 5.32. The van der Waals surface area contributed by atoms with Crippen LogP contribution in [0.4, 0.5) is 0 Å². The number of halogens is 2. The quantitative estimate of drug-likeness (QED) is 0.0967. The zero-order valence-electron chi connectivity index (χ0n) is 12.5. The molecule has 0 nitrogen and oxygen atoms in total. The maximum Gasteiger partial charge on any atom is -0.000473 e. The molecule has 0 aliphatic carbocycles. The van der Waals surface area contributed by atoms with E-state index in [0.29, 0.717) is 0 Å². The largest absolute Gasteiger partial charge is 0.0885 e. The molecule has 0 aromatic heterocycles. The van der Waals surface area contributed by atoms with Crippen LogP contribution in [0.3, 0.4) is 0 Å². The highest BCUT2D eigenvalue weighted by atomic mass is 127. The molecule has 0 aliphatic rings. The van der Waals surface area contributed by atoms with E-state index in [2.05, 4.69) is 57.3 Å². The van der Waals surface area contributed by atoms with Gasteiger partial charge in [-0.15, -0.1) is 0 Å². The van der Waals surface area contributed by atoms with Crippen molar-refractivity contribution in [1.82, 2.24) is 0 Å². The standard InChI is InChI=1S/C17H32I2/c18-16-14-12-10-8-6-4-2-1-3-5-7-9-11-13-15-17-19/h1-2H,3-17H2. The second kappa shape index (κ2) is 19.2. The molecule has 0 saturated carbocycles. The smallest absolute Gasteiger partial charge is 0.000473 e. The van der Waals surface area contributed by atoms with Gasteiger partial charge in [0.15, 0.2) is 0 Å². The van der Waals surface area contributed by atoms with E-state index in [1.807, 2.05) is 0 Å². The average Bonchev–Trinajstić information content (AvgIpc) is 2.43. The van der Waals surface area contributed by atoms with Gasteiger partial charge in [-0.25, -0.2) is 0 Å². The van der Waals surface area contributed by atoms with Crippen LogP contribution in [0.2, 0.25) is 0 Å². The fourth-order valence-corrected chi connectivity index (χ4v) is 3.27. The Morgan fingerprint density at radius 1 is 0.421 bits per heavy atom. The van der Waals surface area contributed by atoms with Gasteiger partial charge in [0, 0.05) is 0 Å². The minimum atomic E-state index is 1.31. The topological polar surface area (TPSA) is 0 Å². The normalized spacial score (nSPS) is 11.5. The van der Waals surface area contributed by atoms with Crippen molar-refractivity contribution < 1.29 is 0 Å². The third kappa shape index (κ3) is 19.2. The fourth-order valence-electron chi connectivity index (χ4n) is 2.19. The van der Waals surface area contributed by atoms with Crippen molar-refractivity contribution in [3.8, 4) is 0 Å². The first-order valence-corrected chi connectivity index (χ1v) is 11.2. The Morgan fingerprint density at radius 3 is 1.11 bits per heavy atom. The van der Waals surface area contributed by atoms with Crippen LogP contribution < -0.4 is 0 Å². The Labute approximate surface area is 148 Å². The molecule has 19 heavy (non-hydrogen) atoms. The Bertz CT molecular complexity index is 178. The van der Waals surface area contributed by atoms with Gasteiger partial charge in [-0.1, -0.05) is 102 Å². The van der Waals surface area contributed by atoms with Gasteiger partial charge in [-0.05, 0) is 47.4 Å². The highest BCUT2D eigenvalue weighted by Crippen LogP contribution is 2.10. The van der Waals surface area contributed by atoms with Crippen LogP contribution >= 0.6 is 45.2 Å². The molecule has 0 N–H and O–H groups in total. The van der Waals surface area contributed by atoms with Crippen molar-refractivity contribution in [2.45, 2.75) is 83.5 Å². The van der Waals surface area contributed by atoms with E-state index in [0.717, 1.165) is 0 Å². The van der Waals surface area contributed by atoms with Gasteiger partial charge >= 0.3 is 0 Å². The third-order valence-electron chi connectivity index (χ3n) is 3.43. The molecule has 2 heteroatoms. The summed E-state index contributed by atoms with van der Waals surface area (Å²) in [6, 6.07) is 0. The molecule has 0 amide bonds. The maximum atomic E-state index is 2.48. The summed E-state index contributed by atoms with van der Waals surface area (Å²) in [7, 11) is 0. The highest BCUT2D eigenvalue weighted by molar-refractivity contribution is 14.1. The molecular formula is C17H32I2. The van der Waals surface area contributed by atoms with Crippen LogP contribution in [-0.4, -0.2) is 8.86 Å².